The molecule has 0 spiro atoms. The van der Waals surface area contributed by atoms with Gasteiger partial charge in [-0.3, -0.25) is 0 Å². The van der Waals surface area contributed by atoms with Crippen molar-refractivity contribution < 1.29 is 55.4 Å². The molecule has 6 aromatic carbocycles. The Bertz CT molecular complexity index is 2450. The lowest BCUT2D eigenvalue weighted by atomic mass is 9.77. The van der Waals surface area contributed by atoms with Crippen LogP contribution in [-0.4, -0.2) is 46.0 Å². The van der Waals surface area contributed by atoms with Gasteiger partial charge in [-0.05, 0) is 77.2 Å². The molecule has 9 rings (SSSR count). The minimum atomic E-state index is -0.930. The Kier molecular flexibility index (Phi) is 7.00. The summed E-state index contributed by atoms with van der Waals surface area (Å²) in [6, 6.07) is 23.7. The van der Waals surface area contributed by atoms with Gasteiger partial charge < -0.3 is 55.4 Å². The number of ether oxygens (including phenoxy) is 2. The van der Waals surface area contributed by atoms with Crippen LogP contribution in [0.3, 0.4) is 0 Å². The van der Waals surface area contributed by atoms with Gasteiger partial charge >= 0.3 is 0 Å². The van der Waals surface area contributed by atoms with Crippen molar-refractivity contribution in [3.63, 3.8) is 0 Å². The molecule has 0 unspecified atom stereocenters. The van der Waals surface area contributed by atoms with Crippen LogP contribution in [0.1, 0.15) is 80.0 Å². The van der Waals surface area contributed by atoms with Gasteiger partial charge in [0.1, 0.15) is 75.5 Å². The molecule has 0 aromatic heterocycles. The number of fused-ring (bicyclic) bond motifs is 4. The maximum atomic E-state index is 11.7. The zero-order chi connectivity index (χ0) is 36.9. The zero-order valence-electron chi connectivity index (χ0n) is 27.7. The molecular formula is C42H32O11. The van der Waals surface area contributed by atoms with Crippen molar-refractivity contribution in [1.82, 2.24) is 0 Å². The van der Waals surface area contributed by atoms with Crippen LogP contribution in [0.15, 0.2) is 97.1 Å². The summed E-state index contributed by atoms with van der Waals surface area (Å²) < 4.78 is 13.4. The Morgan fingerprint density at radius 2 is 0.943 bits per heavy atom. The number of phenolic OH excluding ortho intramolecular Hbond substituents is 9. The molecule has 0 saturated carbocycles. The molecule has 266 valence electrons. The second-order valence-corrected chi connectivity index (χ2v) is 13.8. The Morgan fingerprint density at radius 1 is 0.396 bits per heavy atom. The number of rotatable bonds is 4. The van der Waals surface area contributed by atoms with Gasteiger partial charge in [0.2, 0.25) is 0 Å². The summed E-state index contributed by atoms with van der Waals surface area (Å²) in [6.07, 6.45) is -1.52. The van der Waals surface area contributed by atoms with Crippen LogP contribution in [0.25, 0.3) is 0 Å². The molecule has 2 heterocycles. The van der Waals surface area contributed by atoms with Crippen molar-refractivity contribution in [3.8, 4) is 63.2 Å². The summed E-state index contributed by atoms with van der Waals surface area (Å²) in [6.45, 7) is 0. The van der Waals surface area contributed by atoms with Gasteiger partial charge in [0.15, 0.2) is 0 Å². The predicted octanol–water partition coefficient (Wildman–Crippen LogP) is 7.26. The molecule has 9 N–H and O–H groups in total. The first kappa shape index (κ1) is 32.1. The fourth-order valence-corrected chi connectivity index (χ4v) is 8.60. The van der Waals surface area contributed by atoms with Crippen LogP contribution in [0.2, 0.25) is 0 Å². The summed E-state index contributed by atoms with van der Waals surface area (Å²) in [5, 5.41) is 97.0. The molecule has 53 heavy (non-hydrogen) atoms. The monoisotopic (exact) mass is 712 g/mol. The van der Waals surface area contributed by atoms with E-state index in [-0.39, 0.29) is 58.2 Å². The van der Waals surface area contributed by atoms with E-state index in [1.807, 2.05) is 0 Å². The van der Waals surface area contributed by atoms with Crippen molar-refractivity contribution in [1.29, 1.82) is 0 Å². The summed E-state index contributed by atoms with van der Waals surface area (Å²) in [5.74, 6) is -2.93. The summed E-state index contributed by atoms with van der Waals surface area (Å²) in [5.41, 5.74) is 4.83. The van der Waals surface area contributed by atoms with E-state index in [0.717, 1.165) is 0 Å². The second kappa shape index (κ2) is 11.6. The SMILES string of the molecule is Oc1ccc([C@@H]2Oc3cc4c(c5c3[C@H]2c2cc(O)cc(O)c2[C@@H](c2ccc(O)cc2O)C5)[C@H](c2cc(O)cc(O)c2)[C@@H](c2ccc(O)cc2O)O4)cc1. The third-order valence-electron chi connectivity index (χ3n) is 10.7. The highest BCUT2D eigenvalue weighted by Gasteiger charge is 2.49. The second-order valence-electron chi connectivity index (χ2n) is 13.8. The molecule has 0 amide bonds. The molecule has 0 bridgehead atoms. The zero-order valence-corrected chi connectivity index (χ0v) is 27.7. The molecule has 2 aliphatic heterocycles. The number of phenols is 9. The summed E-state index contributed by atoms with van der Waals surface area (Å²) in [7, 11) is 0. The van der Waals surface area contributed by atoms with Gasteiger partial charge in [-0.15, -0.1) is 0 Å². The van der Waals surface area contributed by atoms with Crippen LogP contribution in [0.4, 0.5) is 0 Å². The molecule has 1 aliphatic carbocycles. The van der Waals surface area contributed by atoms with Crippen LogP contribution >= 0.6 is 0 Å². The Balaban J connectivity index is 1.37. The van der Waals surface area contributed by atoms with Gasteiger partial charge in [0.05, 0.1) is 11.8 Å². The van der Waals surface area contributed by atoms with E-state index in [2.05, 4.69) is 0 Å². The predicted molar refractivity (Wildman–Crippen MR) is 190 cm³/mol. The third-order valence-corrected chi connectivity index (χ3v) is 10.7. The maximum Gasteiger partial charge on any atom is 0.138 e. The molecule has 3 aliphatic rings. The molecule has 11 nitrogen and oxygen atoms in total. The molecule has 5 atom stereocenters. The maximum absolute atomic E-state index is 11.7. The van der Waals surface area contributed by atoms with Crippen molar-refractivity contribution in [2.24, 2.45) is 0 Å². The fourth-order valence-electron chi connectivity index (χ4n) is 8.60. The molecule has 6 aromatic rings. The van der Waals surface area contributed by atoms with Crippen molar-refractivity contribution in [3.05, 3.63) is 147 Å². The minimum Gasteiger partial charge on any atom is -0.508 e. The van der Waals surface area contributed by atoms with Crippen LogP contribution in [-0.2, 0) is 6.42 Å². The smallest absolute Gasteiger partial charge is 0.138 e. The highest BCUT2D eigenvalue weighted by Crippen LogP contribution is 2.63. The van der Waals surface area contributed by atoms with Gasteiger partial charge in [-0.25, -0.2) is 0 Å². The quantitative estimate of drug-likeness (QED) is 0.0891. The lowest BCUT2D eigenvalue weighted by Crippen LogP contribution is -2.14. The lowest BCUT2D eigenvalue weighted by Gasteiger charge is -2.25. The van der Waals surface area contributed by atoms with Crippen LogP contribution in [0, 0.1) is 0 Å². The first-order chi connectivity index (χ1) is 25.4. The highest BCUT2D eigenvalue weighted by molar-refractivity contribution is 5.70. The first-order valence-electron chi connectivity index (χ1n) is 16.9. The largest absolute Gasteiger partial charge is 0.508 e. The van der Waals surface area contributed by atoms with Gasteiger partial charge in [-0.2, -0.15) is 0 Å². The molecular weight excluding hydrogens is 680 g/mol. The van der Waals surface area contributed by atoms with Gasteiger partial charge in [0.25, 0.3) is 0 Å². The Labute approximate surface area is 301 Å². The Morgan fingerprint density at radius 3 is 1.58 bits per heavy atom. The average molecular weight is 713 g/mol. The van der Waals surface area contributed by atoms with Crippen LogP contribution < -0.4 is 9.47 Å². The van der Waals surface area contributed by atoms with Crippen molar-refractivity contribution in [2.75, 3.05) is 0 Å². The third kappa shape index (κ3) is 5.03. The molecule has 11 heteroatoms. The standard InChI is InChI=1S/C42H32O11/c43-20-3-1-18(2-4-20)41-40-29-12-25(48)15-33(51)37(29)28(26-7-5-21(44)13-31(26)49)16-30-38-34(17-35(52-41)39(30)40)53-42(27-8-6-22(45)14-32(27)50)36(38)19-9-23(46)11-24(47)10-19/h1-15,17,28,36,40-51H,16H2/t28-,36+,40-,41+,42-/m1/s1. The Hall–Kier alpha value is -6.88. The van der Waals surface area contributed by atoms with Gasteiger partial charge in [0, 0.05) is 64.1 Å². The highest BCUT2D eigenvalue weighted by atomic mass is 16.5. The molecule has 0 radical (unpaired) electrons. The van der Waals surface area contributed by atoms with Crippen LogP contribution in [0.5, 0.6) is 63.2 Å². The van der Waals surface area contributed by atoms with E-state index in [4.69, 9.17) is 9.47 Å². The topological polar surface area (TPSA) is 201 Å². The minimum absolute atomic E-state index is 0.0532. The summed E-state index contributed by atoms with van der Waals surface area (Å²) >= 11 is 0. The van der Waals surface area contributed by atoms with E-state index < -0.39 is 30.0 Å². The van der Waals surface area contributed by atoms with Gasteiger partial charge in [-0.1, -0.05) is 18.2 Å². The van der Waals surface area contributed by atoms with E-state index in [0.29, 0.717) is 61.6 Å². The fraction of sp³-hybridized carbons (Fsp3) is 0.143. The van der Waals surface area contributed by atoms with E-state index in [1.165, 1.54) is 54.6 Å². The van der Waals surface area contributed by atoms with E-state index in [1.54, 1.807) is 42.5 Å². The normalized spacial score (nSPS) is 20.8. The average Bonchev–Trinajstić information content (AvgIpc) is 3.61. The molecule has 0 saturated heterocycles. The van der Waals surface area contributed by atoms with Crippen molar-refractivity contribution >= 4 is 0 Å². The first-order valence-corrected chi connectivity index (χ1v) is 16.9. The summed E-state index contributed by atoms with van der Waals surface area (Å²) in [4.78, 5) is 0. The van der Waals surface area contributed by atoms with Crippen molar-refractivity contribution in [2.45, 2.75) is 36.4 Å². The number of benzene rings is 6. The number of hydrogen-bond donors (Lipinski definition) is 9. The number of hydrogen-bond acceptors (Lipinski definition) is 11. The van der Waals surface area contributed by atoms with E-state index >= 15 is 0 Å². The number of aromatic hydroxyl groups is 9. The molecule has 0 fully saturated rings. The lowest BCUT2D eigenvalue weighted by molar-refractivity contribution is 0.210. The van der Waals surface area contributed by atoms with E-state index in [9.17, 15) is 46.0 Å².